The topological polar surface area (TPSA) is 91.0 Å². The predicted molar refractivity (Wildman–Crippen MR) is 91.4 cm³/mol. The van der Waals surface area contributed by atoms with Crippen molar-refractivity contribution in [3.05, 3.63) is 75.0 Å². The normalized spacial score (nSPS) is 15.0. The van der Waals surface area contributed by atoms with E-state index in [0.29, 0.717) is 22.4 Å². The van der Waals surface area contributed by atoms with Gasteiger partial charge in [-0.1, -0.05) is 18.2 Å². The summed E-state index contributed by atoms with van der Waals surface area (Å²) in [6, 6.07) is 11.7. The van der Waals surface area contributed by atoms with E-state index >= 15 is 0 Å². The van der Waals surface area contributed by atoms with Crippen molar-refractivity contribution in [3.63, 3.8) is 0 Å². The first-order valence-electron chi connectivity index (χ1n) is 7.40. The number of carbonyl (C=O) groups excluding carboxylic acids is 1. The number of ether oxygens (including phenoxy) is 2. The van der Waals surface area contributed by atoms with Crippen molar-refractivity contribution < 1.29 is 19.2 Å². The number of benzene rings is 2. The molecule has 0 saturated heterocycles. The zero-order valence-corrected chi connectivity index (χ0v) is 13.6. The Morgan fingerprint density at radius 1 is 1.24 bits per heavy atom. The number of methoxy groups -OCH3 is 1. The Labute approximate surface area is 143 Å². The number of nitro groups is 1. The number of hydrogen-bond acceptors (Lipinski definition) is 6. The molecule has 0 unspecified atom stereocenters. The number of rotatable bonds is 4. The molecule has 0 fully saturated rings. The molecule has 7 nitrogen and oxygen atoms in total. The summed E-state index contributed by atoms with van der Waals surface area (Å²) in [7, 11) is 1.54. The molecule has 1 aliphatic rings. The second-order valence-corrected chi connectivity index (χ2v) is 5.37. The molecule has 0 atom stereocenters. The van der Waals surface area contributed by atoms with Gasteiger partial charge in [-0.15, -0.1) is 0 Å². The molecule has 126 valence electrons. The number of cyclic esters (lactones) is 1. The second-order valence-electron chi connectivity index (χ2n) is 5.37. The highest BCUT2D eigenvalue weighted by Crippen LogP contribution is 2.24. The van der Waals surface area contributed by atoms with Crippen molar-refractivity contribution in [1.29, 1.82) is 0 Å². The van der Waals surface area contributed by atoms with Crippen molar-refractivity contribution in [2.24, 2.45) is 4.99 Å². The summed E-state index contributed by atoms with van der Waals surface area (Å²) in [5, 5.41) is 11.0. The summed E-state index contributed by atoms with van der Waals surface area (Å²) in [5.41, 5.74) is 1.71. The molecule has 2 aromatic rings. The molecule has 0 spiro atoms. The smallest absolute Gasteiger partial charge is 0.363 e. The van der Waals surface area contributed by atoms with Crippen LogP contribution in [0.1, 0.15) is 16.7 Å². The minimum absolute atomic E-state index is 0.0160. The van der Waals surface area contributed by atoms with Gasteiger partial charge in [-0.05, 0) is 36.8 Å². The fourth-order valence-corrected chi connectivity index (χ4v) is 2.36. The minimum Gasteiger partial charge on any atom is -0.497 e. The van der Waals surface area contributed by atoms with Crippen molar-refractivity contribution in [3.8, 4) is 5.75 Å². The van der Waals surface area contributed by atoms with Crippen molar-refractivity contribution in [2.75, 3.05) is 7.11 Å². The van der Waals surface area contributed by atoms with E-state index in [0.717, 1.165) is 0 Å². The van der Waals surface area contributed by atoms with Gasteiger partial charge in [0.1, 0.15) is 5.75 Å². The minimum atomic E-state index is -0.610. The quantitative estimate of drug-likeness (QED) is 0.369. The summed E-state index contributed by atoms with van der Waals surface area (Å²) < 4.78 is 10.3. The van der Waals surface area contributed by atoms with E-state index < -0.39 is 10.9 Å². The zero-order valence-electron chi connectivity index (χ0n) is 13.6. The lowest BCUT2D eigenvalue weighted by molar-refractivity contribution is -0.385. The fraction of sp³-hybridized carbons (Fsp3) is 0.111. The molecule has 2 aromatic carbocycles. The summed E-state index contributed by atoms with van der Waals surface area (Å²) >= 11 is 0. The van der Waals surface area contributed by atoms with Gasteiger partial charge < -0.3 is 9.47 Å². The molecular weight excluding hydrogens is 324 g/mol. The molecule has 0 bridgehead atoms. The van der Waals surface area contributed by atoms with Crippen LogP contribution in [0.5, 0.6) is 5.75 Å². The van der Waals surface area contributed by atoms with Gasteiger partial charge in [0, 0.05) is 17.2 Å². The van der Waals surface area contributed by atoms with E-state index in [1.807, 2.05) is 0 Å². The van der Waals surface area contributed by atoms with Crippen LogP contribution in [-0.2, 0) is 9.53 Å². The molecule has 25 heavy (non-hydrogen) atoms. The van der Waals surface area contributed by atoms with Crippen LogP contribution in [-0.4, -0.2) is 23.9 Å². The van der Waals surface area contributed by atoms with Gasteiger partial charge in [-0.3, -0.25) is 10.1 Å². The molecule has 0 N–H and O–H groups in total. The van der Waals surface area contributed by atoms with E-state index in [1.54, 1.807) is 43.3 Å². The monoisotopic (exact) mass is 338 g/mol. The Morgan fingerprint density at radius 3 is 2.76 bits per heavy atom. The van der Waals surface area contributed by atoms with Gasteiger partial charge >= 0.3 is 5.97 Å². The summed E-state index contributed by atoms with van der Waals surface area (Å²) in [4.78, 5) is 26.8. The number of nitrogens with zero attached hydrogens (tertiary/aromatic N) is 2. The lowest BCUT2D eigenvalue weighted by Crippen LogP contribution is -2.05. The predicted octanol–water partition coefficient (Wildman–Crippen LogP) is 3.26. The van der Waals surface area contributed by atoms with E-state index in [2.05, 4.69) is 4.99 Å². The Hall–Kier alpha value is -3.48. The maximum absolute atomic E-state index is 12.0. The van der Waals surface area contributed by atoms with Gasteiger partial charge in [0.15, 0.2) is 5.70 Å². The van der Waals surface area contributed by atoms with Crippen molar-refractivity contribution in [2.45, 2.75) is 6.92 Å². The molecule has 0 saturated carbocycles. The van der Waals surface area contributed by atoms with Crippen LogP contribution >= 0.6 is 0 Å². The van der Waals surface area contributed by atoms with Crippen LogP contribution in [0.25, 0.3) is 6.08 Å². The third kappa shape index (κ3) is 3.40. The van der Waals surface area contributed by atoms with Gasteiger partial charge in [0.2, 0.25) is 5.90 Å². The number of nitro benzene ring substituents is 1. The summed E-state index contributed by atoms with van der Waals surface area (Å²) in [5.74, 6) is 0.167. The number of aliphatic imine (C=N–C) groups is 1. The Kier molecular flexibility index (Phi) is 4.30. The summed E-state index contributed by atoms with van der Waals surface area (Å²) in [6.07, 6.45) is 1.46. The van der Waals surface area contributed by atoms with E-state index in [-0.39, 0.29) is 17.3 Å². The van der Waals surface area contributed by atoms with Crippen LogP contribution in [0.4, 0.5) is 5.69 Å². The highest BCUT2D eigenvalue weighted by Gasteiger charge is 2.24. The molecule has 7 heteroatoms. The second kappa shape index (κ2) is 6.56. The Morgan fingerprint density at radius 2 is 2.04 bits per heavy atom. The molecule has 0 aliphatic carbocycles. The zero-order chi connectivity index (χ0) is 18.0. The SMILES string of the molecule is COc1cccc(C2=N/C(=C/c3ccc(C)c([N+](=O)[O-])c3)C(=O)O2)c1. The van der Waals surface area contributed by atoms with Crippen LogP contribution in [0.2, 0.25) is 0 Å². The molecule has 0 aromatic heterocycles. The van der Waals surface area contributed by atoms with Crippen molar-refractivity contribution in [1.82, 2.24) is 0 Å². The average Bonchev–Trinajstić information content (AvgIpc) is 2.97. The van der Waals surface area contributed by atoms with E-state index in [4.69, 9.17) is 9.47 Å². The standard InChI is InChI=1S/C18H14N2O5/c1-11-6-7-12(9-16(11)20(22)23)8-15-18(21)25-17(19-15)13-4-3-5-14(10-13)24-2/h3-10H,1-2H3/b15-8+. The number of hydrogen-bond donors (Lipinski definition) is 0. The highest BCUT2D eigenvalue weighted by molar-refractivity contribution is 6.13. The van der Waals surface area contributed by atoms with Gasteiger partial charge in [-0.25, -0.2) is 9.79 Å². The average molecular weight is 338 g/mol. The van der Waals surface area contributed by atoms with Gasteiger partial charge in [-0.2, -0.15) is 0 Å². The Bertz CT molecular complexity index is 931. The maximum Gasteiger partial charge on any atom is 0.363 e. The molecule has 1 aliphatic heterocycles. The Balaban J connectivity index is 1.96. The van der Waals surface area contributed by atoms with E-state index in [1.165, 1.54) is 19.3 Å². The van der Waals surface area contributed by atoms with Crippen LogP contribution in [0.15, 0.2) is 53.2 Å². The molecular formula is C18H14N2O5. The first kappa shape index (κ1) is 16.4. The van der Waals surface area contributed by atoms with E-state index in [9.17, 15) is 14.9 Å². The molecule has 3 rings (SSSR count). The maximum atomic E-state index is 12.0. The van der Waals surface area contributed by atoms with Crippen LogP contribution < -0.4 is 4.74 Å². The molecule has 0 amide bonds. The highest BCUT2D eigenvalue weighted by atomic mass is 16.6. The third-order valence-electron chi connectivity index (χ3n) is 3.67. The van der Waals surface area contributed by atoms with Crippen molar-refractivity contribution >= 4 is 23.6 Å². The molecule has 0 radical (unpaired) electrons. The first-order valence-corrected chi connectivity index (χ1v) is 7.40. The number of aryl methyl sites for hydroxylation is 1. The van der Waals surface area contributed by atoms with Crippen LogP contribution in [0.3, 0.4) is 0 Å². The summed E-state index contributed by atoms with van der Waals surface area (Å²) in [6.45, 7) is 1.65. The third-order valence-corrected chi connectivity index (χ3v) is 3.67. The number of esters is 1. The number of carbonyl (C=O) groups is 1. The van der Waals surface area contributed by atoms with Gasteiger partial charge in [0.25, 0.3) is 5.69 Å². The lowest BCUT2D eigenvalue weighted by Gasteiger charge is -2.02. The largest absolute Gasteiger partial charge is 0.497 e. The van der Waals surface area contributed by atoms with Gasteiger partial charge in [0.05, 0.1) is 12.0 Å². The molecule has 1 heterocycles. The lowest BCUT2D eigenvalue weighted by atomic mass is 10.1. The fourth-order valence-electron chi connectivity index (χ4n) is 2.36. The van der Waals surface area contributed by atoms with Crippen LogP contribution in [0, 0.1) is 17.0 Å². The first-order chi connectivity index (χ1) is 12.0.